The van der Waals surface area contributed by atoms with Crippen LogP contribution in [0.15, 0.2) is 0 Å². The Kier molecular flexibility index (Phi) is 11.8. The number of nitrogens with two attached hydrogens (primary N) is 3. The van der Waals surface area contributed by atoms with Crippen LogP contribution in [0.2, 0.25) is 0 Å². The molecule has 0 aromatic heterocycles. The monoisotopic (exact) mass is 444 g/mol. The molecule has 0 aromatic rings. The second-order valence-corrected chi connectivity index (χ2v) is 7.62. The minimum absolute atomic E-state index is 0.0160. The van der Waals surface area contributed by atoms with E-state index in [9.17, 15) is 33.9 Å². The Morgan fingerprint density at radius 1 is 0.774 bits per heavy atom. The van der Waals surface area contributed by atoms with Gasteiger partial charge in [0.05, 0.1) is 12.5 Å². The van der Waals surface area contributed by atoms with Crippen molar-refractivity contribution in [3.05, 3.63) is 0 Å². The zero-order valence-corrected chi connectivity index (χ0v) is 17.8. The highest BCUT2D eigenvalue weighted by atomic mass is 16.4. The highest BCUT2D eigenvalue weighted by Crippen LogP contribution is 2.07. The van der Waals surface area contributed by atoms with Crippen molar-refractivity contribution < 1.29 is 33.9 Å². The van der Waals surface area contributed by atoms with Crippen molar-refractivity contribution in [3.8, 4) is 0 Å². The summed E-state index contributed by atoms with van der Waals surface area (Å²) in [6.07, 6.45) is -0.987. The number of carbonyl (C=O) groups is 6. The molecule has 5 amide bonds. The molecular weight excluding hydrogens is 412 g/mol. The van der Waals surface area contributed by atoms with Crippen LogP contribution in [-0.2, 0) is 28.8 Å². The number of primary amides is 2. The van der Waals surface area contributed by atoms with Crippen LogP contribution in [0.3, 0.4) is 0 Å². The summed E-state index contributed by atoms with van der Waals surface area (Å²) in [6, 6.07) is -4.90. The summed E-state index contributed by atoms with van der Waals surface area (Å²) >= 11 is 0. The first-order chi connectivity index (χ1) is 14.2. The molecule has 0 aromatic carbocycles. The van der Waals surface area contributed by atoms with Crippen molar-refractivity contribution in [1.82, 2.24) is 16.0 Å². The van der Waals surface area contributed by atoms with E-state index in [1.807, 2.05) is 13.8 Å². The lowest BCUT2D eigenvalue weighted by molar-refractivity contribution is -0.142. The number of hydrogen-bond acceptors (Lipinski definition) is 7. The first-order valence-corrected chi connectivity index (χ1v) is 9.70. The van der Waals surface area contributed by atoms with Gasteiger partial charge in [0.25, 0.3) is 0 Å². The second kappa shape index (κ2) is 13.2. The fraction of sp³-hybridized carbons (Fsp3) is 0.667. The van der Waals surface area contributed by atoms with Crippen LogP contribution in [0, 0.1) is 5.92 Å². The number of amides is 5. The van der Waals surface area contributed by atoms with E-state index in [1.165, 1.54) is 6.92 Å². The Labute approximate surface area is 179 Å². The van der Waals surface area contributed by atoms with Gasteiger partial charge in [0.2, 0.25) is 29.5 Å². The Balaban J connectivity index is 5.45. The molecule has 4 atom stereocenters. The largest absolute Gasteiger partial charge is 0.480 e. The molecule has 0 fully saturated rings. The third-order valence-corrected chi connectivity index (χ3v) is 4.09. The lowest BCUT2D eigenvalue weighted by atomic mass is 10.0. The van der Waals surface area contributed by atoms with E-state index in [0.717, 1.165) is 0 Å². The quantitative estimate of drug-likeness (QED) is 0.146. The molecule has 0 aliphatic rings. The van der Waals surface area contributed by atoms with Gasteiger partial charge in [0.1, 0.15) is 18.1 Å². The summed E-state index contributed by atoms with van der Waals surface area (Å²) in [4.78, 5) is 70.7. The van der Waals surface area contributed by atoms with E-state index in [-0.39, 0.29) is 25.2 Å². The van der Waals surface area contributed by atoms with Gasteiger partial charge in [-0.1, -0.05) is 13.8 Å². The lowest BCUT2D eigenvalue weighted by Crippen LogP contribution is -2.57. The second-order valence-electron chi connectivity index (χ2n) is 7.62. The Morgan fingerprint density at radius 2 is 1.26 bits per heavy atom. The molecule has 13 heteroatoms. The Bertz CT molecular complexity index is 695. The SMILES string of the molecule is CC(C)CC(NC(=O)C(C)N)C(=O)NC(CC(N)=O)C(=O)NC(CCC(N)=O)C(=O)O. The van der Waals surface area contributed by atoms with Gasteiger partial charge in [-0.15, -0.1) is 0 Å². The first kappa shape index (κ1) is 27.8. The fourth-order valence-corrected chi connectivity index (χ4v) is 2.51. The molecule has 0 rings (SSSR count). The van der Waals surface area contributed by atoms with E-state index in [0.29, 0.717) is 0 Å². The van der Waals surface area contributed by atoms with Crippen molar-refractivity contribution in [2.45, 2.75) is 70.6 Å². The van der Waals surface area contributed by atoms with Gasteiger partial charge >= 0.3 is 5.97 Å². The van der Waals surface area contributed by atoms with E-state index in [1.54, 1.807) is 0 Å². The van der Waals surface area contributed by atoms with E-state index < -0.39 is 66.1 Å². The van der Waals surface area contributed by atoms with Gasteiger partial charge in [-0.2, -0.15) is 0 Å². The van der Waals surface area contributed by atoms with Crippen LogP contribution >= 0.6 is 0 Å². The predicted molar refractivity (Wildman–Crippen MR) is 109 cm³/mol. The third kappa shape index (κ3) is 11.5. The fourth-order valence-electron chi connectivity index (χ4n) is 2.51. The third-order valence-electron chi connectivity index (χ3n) is 4.09. The first-order valence-electron chi connectivity index (χ1n) is 9.70. The van der Waals surface area contributed by atoms with Crippen molar-refractivity contribution in [2.75, 3.05) is 0 Å². The van der Waals surface area contributed by atoms with Crippen molar-refractivity contribution in [1.29, 1.82) is 0 Å². The van der Waals surface area contributed by atoms with E-state index >= 15 is 0 Å². The molecule has 10 N–H and O–H groups in total. The van der Waals surface area contributed by atoms with Crippen LogP contribution in [0.25, 0.3) is 0 Å². The number of carbonyl (C=O) groups excluding carboxylic acids is 5. The minimum Gasteiger partial charge on any atom is -0.480 e. The summed E-state index contributed by atoms with van der Waals surface area (Å²) in [5, 5.41) is 16.1. The molecule has 0 aliphatic heterocycles. The molecule has 0 radical (unpaired) electrons. The summed E-state index contributed by atoms with van der Waals surface area (Å²) in [5.74, 6) is -5.49. The van der Waals surface area contributed by atoms with Gasteiger partial charge in [0.15, 0.2) is 0 Å². The predicted octanol–water partition coefficient (Wildman–Crippen LogP) is -2.94. The topological polar surface area (TPSA) is 237 Å². The lowest BCUT2D eigenvalue weighted by Gasteiger charge is -2.25. The van der Waals surface area contributed by atoms with Crippen LogP contribution in [0.4, 0.5) is 0 Å². The van der Waals surface area contributed by atoms with E-state index in [2.05, 4.69) is 16.0 Å². The van der Waals surface area contributed by atoms with Crippen LogP contribution < -0.4 is 33.2 Å². The Hall–Kier alpha value is -3.22. The number of carboxylic acids is 1. The molecule has 0 saturated carbocycles. The van der Waals surface area contributed by atoms with Gasteiger partial charge in [-0.25, -0.2) is 4.79 Å². The highest BCUT2D eigenvalue weighted by molar-refractivity contribution is 5.96. The number of aliphatic carboxylic acids is 1. The summed E-state index contributed by atoms with van der Waals surface area (Å²) < 4.78 is 0. The van der Waals surface area contributed by atoms with Crippen LogP contribution in [0.5, 0.6) is 0 Å². The van der Waals surface area contributed by atoms with Crippen molar-refractivity contribution in [3.63, 3.8) is 0 Å². The minimum atomic E-state index is -1.50. The van der Waals surface area contributed by atoms with Gasteiger partial charge in [0, 0.05) is 6.42 Å². The standard InChI is InChI=1S/C18H32N6O7/c1-8(2)6-11(23-15(27)9(3)19)16(28)24-12(7-14(21)26)17(29)22-10(18(30)31)4-5-13(20)25/h8-12H,4-7,19H2,1-3H3,(H2,20,25)(H2,21,26)(H,22,29)(H,23,27)(H,24,28)(H,30,31). The zero-order valence-electron chi connectivity index (χ0n) is 17.8. The maximum atomic E-state index is 12.7. The van der Waals surface area contributed by atoms with Crippen LogP contribution in [0.1, 0.15) is 46.5 Å². The molecule has 176 valence electrons. The zero-order chi connectivity index (χ0) is 24.3. The summed E-state index contributed by atoms with van der Waals surface area (Å²) in [6.45, 7) is 5.05. The normalized spacial score (nSPS) is 14.6. The Morgan fingerprint density at radius 3 is 1.68 bits per heavy atom. The highest BCUT2D eigenvalue weighted by Gasteiger charge is 2.31. The summed E-state index contributed by atoms with van der Waals surface area (Å²) in [5.41, 5.74) is 15.6. The van der Waals surface area contributed by atoms with Gasteiger partial charge in [-0.3, -0.25) is 24.0 Å². The number of carboxylic acid groups (broad SMARTS) is 1. The molecule has 0 aliphatic carbocycles. The molecule has 0 saturated heterocycles. The number of hydrogen-bond donors (Lipinski definition) is 7. The molecule has 0 spiro atoms. The maximum absolute atomic E-state index is 12.7. The van der Waals surface area contributed by atoms with E-state index in [4.69, 9.17) is 17.2 Å². The summed E-state index contributed by atoms with van der Waals surface area (Å²) in [7, 11) is 0. The number of rotatable bonds is 14. The maximum Gasteiger partial charge on any atom is 0.326 e. The molecule has 13 nitrogen and oxygen atoms in total. The average molecular weight is 444 g/mol. The number of nitrogens with one attached hydrogen (secondary N) is 3. The van der Waals surface area contributed by atoms with Crippen molar-refractivity contribution in [2.24, 2.45) is 23.1 Å². The molecule has 0 heterocycles. The molecule has 4 unspecified atom stereocenters. The van der Waals surface area contributed by atoms with Gasteiger partial charge in [-0.05, 0) is 25.7 Å². The smallest absolute Gasteiger partial charge is 0.326 e. The molecular formula is C18H32N6O7. The van der Waals surface area contributed by atoms with Gasteiger partial charge < -0.3 is 38.3 Å². The molecule has 0 bridgehead atoms. The van der Waals surface area contributed by atoms with Crippen LogP contribution in [-0.4, -0.2) is 64.8 Å². The average Bonchev–Trinajstić information content (AvgIpc) is 2.62. The van der Waals surface area contributed by atoms with Crippen molar-refractivity contribution >= 4 is 35.5 Å². The molecule has 31 heavy (non-hydrogen) atoms.